The number of hydrazine groups is 2. The summed E-state index contributed by atoms with van der Waals surface area (Å²) in [6, 6.07) is 8.79. The second kappa shape index (κ2) is 6.41. The number of nitrogens with two attached hydrogens (primary N) is 2. The summed E-state index contributed by atoms with van der Waals surface area (Å²) in [5.74, 6) is 10.3. The van der Waals surface area contributed by atoms with E-state index >= 15 is 0 Å². The molecule has 5 N–H and O–H groups in total. The van der Waals surface area contributed by atoms with Gasteiger partial charge in [0.1, 0.15) is 12.9 Å². The molecular formula is C11H13N7O2. The summed E-state index contributed by atoms with van der Waals surface area (Å²) in [4.78, 5) is 22.7. The van der Waals surface area contributed by atoms with Gasteiger partial charge in [-0.1, -0.05) is 30.3 Å². The summed E-state index contributed by atoms with van der Waals surface area (Å²) in [7, 11) is 0. The van der Waals surface area contributed by atoms with Crippen molar-refractivity contribution in [3.63, 3.8) is 0 Å². The van der Waals surface area contributed by atoms with E-state index in [0.29, 0.717) is 5.01 Å². The number of hydrogen-bond donors (Lipinski definition) is 3. The Labute approximate surface area is 114 Å². The molecule has 0 radical (unpaired) electrons. The molecule has 2 amide bonds. The van der Waals surface area contributed by atoms with Crippen LogP contribution in [0.25, 0.3) is 0 Å². The Bertz CT molecular complexity index is 578. The van der Waals surface area contributed by atoms with E-state index in [1.165, 1.54) is 6.33 Å². The number of hydrogen-bond acceptors (Lipinski definition) is 7. The molecule has 0 aliphatic heterocycles. The van der Waals surface area contributed by atoms with Crippen LogP contribution in [0.1, 0.15) is 5.56 Å². The van der Waals surface area contributed by atoms with E-state index in [4.69, 9.17) is 16.4 Å². The number of rotatable bonds is 4. The van der Waals surface area contributed by atoms with E-state index < -0.39 is 6.03 Å². The average Bonchev–Trinajstić information content (AvgIpc) is 2.52. The van der Waals surface area contributed by atoms with Crippen LogP contribution in [0.4, 0.5) is 10.7 Å². The number of ether oxygens (including phenoxy) is 1. The number of nitrogens with zero attached hydrogens (tertiary/aromatic N) is 4. The third-order valence-corrected chi connectivity index (χ3v) is 2.31. The van der Waals surface area contributed by atoms with Gasteiger partial charge in [-0.3, -0.25) is 5.43 Å². The Hall–Kier alpha value is -2.78. The molecule has 9 nitrogen and oxygen atoms in total. The normalized spacial score (nSPS) is 9.90. The number of anilines is 1. The standard InChI is InChI=1S/C11H13N7O2/c12-17-11(19)18(13)9-14-7-15-10(16-9)20-6-8-4-2-1-3-5-8/h1-5,7H,6,12-13H2,(H,17,19). The minimum atomic E-state index is -0.759. The van der Waals surface area contributed by atoms with Crippen molar-refractivity contribution >= 4 is 12.0 Å². The highest BCUT2D eigenvalue weighted by molar-refractivity contribution is 5.88. The Morgan fingerprint density at radius 3 is 2.75 bits per heavy atom. The molecular weight excluding hydrogens is 262 g/mol. The highest BCUT2D eigenvalue weighted by Crippen LogP contribution is 2.09. The Balaban J connectivity index is 2.04. The van der Waals surface area contributed by atoms with Gasteiger partial charge in [-0.25, -0.2) is 16.5 Å². The predicted molar refractivity (Wildman–Crippen MR) is 70.0 cm³/mol. The van der Waals surface area contributed by atoms with E-state index in [9.17, 15) is 4.79 Å². The maximum Gasteiger partial charge on any atom is 0.353 e. The van der Waals surface area contributed by atoms with E-state index in [1.54, 1.807) is 0 Å². The van der Waals surface area contributed by atoms with Crippen LogP contribution in [0.15, 0.2) is 36.7 Å². The van der Waals surface area contributed by atoms with Gasteiger partial charge in [0.2, 0.25) is 0 Å². The third-order valence-electron chi connectivity index (χ3n) is 2.31. The molecule has 2 aromatic rings. The van der Waals surface area contributed by atoms with Crippen LogP contribution >= 0.6 is 0 Å². The lowest BCUT2D eigenvalue weighted by atomic mass is 10.2. The molecule has 9 heteroatoms. The van der Waals surface area contributed by atoms with Gasteiger partial charge in [-0.05, 0) is 5.56 Å². The first kappa shape index (κ1) is 13.6. The second-order valence-corrected chi connectivity index (χ2v) is 3.66. The molecule has 0 spiro atoms. The van der Waals surface area contributed by atoms with Crippen molar-refractivity contribution in [1.82, 2.24) is 20.4 Å². The van der Waals surface area contributed by atoms with Gasteiger partial charge in [0.15, 0.2) is 0 Å². The van der Waals surface area contributed by atoms with Crippen LogP contribution in [0.2, 0.25) is 0 Å². The smallest absolute Gasteiger partial charge is 0.353 e. The Morgan fingerprint density at radius 2 is 2.05 bits per heavy atom. The van der Waals surface area contributed by atoms with E-state index in [-0.39, 0.29) is 18.6 Å². The van der Waals surface area contributed by atoms with E-state index in [1.807, 2.05) is 35.8 Å². The fourth-order valence-corrected chi connectivity index (χ4v) is 1.34. The van der Waals surface area contributed by atoms with Gasteiger partial charge < -0.3 is 4.74 Å². The lowest BCUT2D eigenvalue weighted by molar-refractivity contribution is 0.246. The molecule has 1 heterocycles. The van der Waals surface area contributed by atoms with Crippen molar-refractivity contribution in [1.29, 1.82) is 0 Å². The van der Waals surface area contributed by atoms with Crippen molar-refractivity contribution in [2.45, 2.75) is 6.61 Å². The topological polar surface area (TPSA) is 132 Å². The first-order chi connectivity index (χ1) is 9.70. The molecule has 1 aromatic heterocycles. The maximum atomic E-state index is 11.2. The number of carbonyl (C=O) groups excluding carboxylic acids is 1. The summed E-state index contributed by atoms with van der Waals surface area (Å²) < 4.78 is 5.39. The summed E-state index contributed by atoms with van der Waals surface area (Å²) in [5.41, 5.74) is 2.82. The molecule has 0 unspecified atom stereocenters. The van der Waals surface area contributed by atoms with Crippen molar-refractivity contribution in [3.05, 3.63) is 42.2 Å². The lowest BCUT2D eigenvalue weighted by Gasteiger charge is -2.13. The zero-order valence-electron chi connectivity index (χ0n) is 10.4. The summed E-state index contributed by atoms with van der Waals surface area (Å²) >= 11 is 0. The van der Waals surface area contributed by atoms with Gasteiger partial charge in [0.25, 0.3) is 5.95 Å². The quantitative estimate of drug-likeness (QED) is 0.397. The van der Waals surface area contributed by atoms with Crippen LogP contribution in [-0.2, 0) is 6.61 Å². The van der Waals surface area contributed by atoms with Gasteiger partial charge in [0.05, 0.1) is 0 Å². The summed E-state index contributed by atoms with van der Waals surface area (Å²) in [6.07, 6.45) is 1.19. The highest BCUT2D eigenvalue weighted by atomic mass is 16.5. The number of amides is 2. The number of benzene rings is 1. The molecule has 104 valence electrons. The number of aromatic nitrogens is 3. The number of carbonyl (C=O) groups is 1. The minimum absolute atomic E-state index is 0.0547. The van der Waals surface area contributed by atoms with Crippen molar-refractivity contribution in [2.24, 2.45) is 11.7 Å². The predicted octanol–water partition coefficient (Wildman–Crippen LogP) is -0.286. The zero-order chi connectivity index (χ0) is 14.4. The molecule has 0 atom stereocenters. The fourth-order valence-electron chi connectivity index (χ4n) is 1.34. The molecule has 0 bridgehead atoms. The molecule has 0 aliphatic rings. The van der Waals surface area contributed by atoms with Crippen molar-refractivity contribution < 1.29 is 9.53 Å². The molecule has 0 saturated heterocycles. The molecule has 0 saturated carbocycles. The van der Waals surface area contributed by atoms with E-state index in [0.717, 1.165) is 5.56 Å². The van der Waals surface area contributed by atoms with Crippen molar-refractivity contribution in [3.8, 4) is 6.01 Å². The van der Waals surface area contributed by atoms with Gasteiger partial charge in [-0.15, -0.1) is 0 Å². The van der Waals surface area contributed by atoms with Crippen LogP contribution in [-0.4, -0.2) is 21.0 Å². The highest BCUT2D eigenvalue weighted by Gasteiger charge is 2.14. The third kappa shape index (κ3) is 3.37. The molecule has 2 rings (SSSR count). The van der Waals surface area contributed by atoms with Crippen LogP contribution in [0.5, 0.6) is 6.01 Å². The largest absolute Gasteiger partial charge is 0.458 e. The van der Waals surface area contributed by atoms with Crippen LogP contribution < -0.4 is 26.9 Å². The first-order valence-corrected chi connectivity index (χ1v) is 5.62. The Morgan fingerprint density at radius 1 is 1.30 bits per heavy atom. The van der Waals surface area contributed by atoms with Crippen LogP contribution in [0.3, 0.4) is 0 Å². The molecule has 0 aliphatic carbocycles. The monoisotopic (exact) mass is 275 g/mol. The van der Waals surface area contributed by atoms with Gasteiger partial charge in [0, 0.05) is 0 Å². The van der Waals surface area contributed by atoms with Crippen molar-refractivity contribution in [2.75, 3.05) is 5.01 Å². The lowest BCUT2D eigenvalue weighted by Crippen LogP contribution is -2.48. The Kier molecular flexibility index (Phi) is 4.37. The fraction of sp³-hybridized carbons (Fsp3) is 0.0909. The van der Waals surface area contributed by atoms with Crippen LogP contribution in [0, 0.1) is 0 Å². The van der Waals surface area contributed by atoms with E-state index in [2.05, 4.69) is 15.0 Å². The SMILES string of the molecule is NNC(=O)N(N)c1ncnc(OCc2ccccc2)n1. The molecule has 0 fully saturated rings. The number of nitrogens with one attached hydrogen (secondary N) is 1. The average molecular weight is 275 g/mol. The number of urea groups is 1. The molecule has 20 heavy (non-hydrogen) atoms. The minimum Gasteiger partial charge on any atom is -0.458 e. The van der Waals surface area contributed by atoms with Gasteiger partial charge >= 0.3 is 12.0 Å². The maximum absolute atomic E-state index is 11.2. The summed E-state index contributed by atoms with van der Waals surface area (Å²) in [5, 5.41) is 0.650. The summed E-state index contributed by atoms with van der Waals surface area (Å²) in [6.45, 7) is 0.290. The zero-order valence-corrected chi connectivity index (χ0v) is 10.4. The second-order valence-electron chi connectivity index (χ2n) is 3.66. The van der Waals surface area contributed by atoms with Gasteiger partial charge in [-0.2, -0.15) is 20.0 Å². The first-order valence-electron chi connectivity index (χ1n) is 5.62. The molecule has 1 aromatic carbocycles.